The van der Waals surface area contributed by atoms with Crippen molar-refractivity contribution in [2.45, 2.75) is 12.6 Å². The Balaban J connectivity index is 1.64. The van der Waals surface area contributed by atoms with Crippen LogP contribution in [-0.4, -0.2) is 32.5 Å². The first-order valence-electron chi connectivity index (χ1n) is 9.19. The van der Waals surface area contributed by atoms with Crippen LogP contribution in [0.25, 0.3) is 21.9 Å². The zero-order valence-corrected chi connectivity index (χ0v) is 16.6. The van der Waals surface area contributed by atoms with Gasteiger partial charge in [0.2, 0.25) is 0 Å². The van der Waals surface area contributed by atoms with E-state index in [-0.39, 0.29) is 18.9 Å². The van der Waals surface area contributed by atoms with Crippen molar-refractivity contribution in [1.82, 2.24) is 0 Å². The first-order chi connectivity index (χ1) is 14.5. The van der Waals surface area contributed by atoms with E-state index in [0.717, 1.165) is 15.3 Å². The fraction of sp³-hybridized carbons (Fsp3) is 0.136. The summed E-state index contributed by atoms with van der Waals surface area (Å²) in [5, 5.41) is 11.2. The molecule has 2 atom stereocenters. The summed E-state index contributed by atoms with van der Waals surface area (Å²) in [4.78, 5) is 11.9. The van der Waals surface area contributed by atoms with E-state index in [2.05, 4.69) is 0 Å². The second kappa shape index (κ2) is 8.66. The number of para-hydroxylation sites is 1. The summed E-state index contributed by atoms with van der Waals surface area (Å²) in [6.45, 7) is -0.127. The molecule has 0 bridgehead atoms. The summed E-state index contributed by atoms with van der Waals surface area (Å²) < 4.78 is 36.1. The molecule has 4 aromatic rings. The topological polar surface area (TPSA) is 103 Å². The predicted molar refractivity (Wildman–Crippen MR) is 113 cm³/mol. The van der Waals surface area contributed by atoms with Gasteiger partial charge in [-0.05, 0) is 29.8 Å². The van der Waals surface area contributed by atoms with Crippen LogP contribution in [0.4, 0.5) is 5.69 Å². The number of anilines is 1. The number of carboxylic acid groups (broad SMARTS) is 1. The normalized spacial score (nSPS) is 13.4. The van der Waals surface area contributed by atoms with Crippen molar-refractivity contribution in [3.8, 4) is 0 Å². The highest BCUT2D eigenvalue weighted by Crippen LogP contribution is 2.32. The van der Waals surface area contributed by atoms with Gasteiger partial charge in [0.05, 0.1) is 18.9 Å². The molecule has 0 aliphatic heterocycles. The van der Waals surface area contributed by atoms with Crippen LogP contribution in [0.1, 0.15) is 5.56 Å². The minimum atomic E-state index is -2.83. The van der Waals surface area contributed by atoms with Crippen LogP contribution < -0.4 is 4.31 Å². The van der Waals surface area contributed by atoms with Gasteiger partial charge >= 0.3 is 5.97 Å². The Bertz CT molecular complexity index is 1210. The summed E-state index contributed by atoms with van der Waals surface area (Å²) in [5.74, 6) is -1.30. The Morgan fingerprint density at radius 1 is 1.03 bits per heavy atom. The van der Waals surface area contributed by atoms with E-state index >= 15 is 0 Å². The Morgan fingerprint density at radius 3 is 2.47 bits per heavy atom. The maximum atomic E-state index is 12.0. The van der Waals surface area contributed by atoms with Crippen LogP contribution in [0, 0.1) is 0 Å². The predicted octanol–water partition coefficient (Wildman–Crippen LogP) is 3.86. The highest BCUT2D eigenvalue weighted by Gasteiger charge is 2.28. The Hall–Kier alpha value is -3.20. The smallest absolute Gasteiger partial charge is 0.329 e. The molecule has 30 heavy (non-hydrogen) atoms. The van der Waals surface area contributed by atoms with Crippen molar-refractivity contribution in [2.24, 2.45) is 0 Å². The van der Waals surface area contributed by atoms with Gasteiger partial charge in [-0.25, -0.2) is 4.79 Å². The third-order valence-corrected chi connectivity index (χ3v) is 5.52. The highest BCUT2D eigenvalue weighted by atomic mass is 32.2. The quantitative estimate of drug-likeness (QED) is 0.431. The number of rotatable bonds is 8. The van der Waals surface area contributed by atoms with E-state index in [1.54, 1.807) is 12.1 Å². The first kappa shape index (κ1) is 20.1. The summed E-state index contributed by atoms with van der Waals surface area (Å²) in [6, 6.07) is 20.0. The molecule has 2 unspecified atom stereocenters. The summed E-state index contributed by atoms with van der Waals surface area (Å²) in [5.41, 5.74) is 2.34. The molecule has 4 rings (SSSR count). The monoisotopic (exact) mass is 424 g/mol. The van der Waals surface area contributed by atoms with Crippen LogP contribution in [0.15, 0.2) is 77.2 Å². The lowest BCUT2D eigenvalue weighted by Crippen LogP contribution is -2.45. The van der Waals surface area contributed by atoms with Crippen LogP contribution >= 0.6 is 0 Å². The second-order valence-electron chi connectivity index (χ2n) is 6.68. The van der Waals surface area contributed by atoms with Gasteiger partial charge in [0, 0.05) is 22.0 Å². The van der Waals surface area contributed by atoms with Gasteiger partial charge in [-0.1, -0.05) is 48.5 Å². The molecule has 0 fully saturated rings. The van der Waals surface area contributed by atoms with Gasteiger partial charge in [0.15, 0.2) is 6.04 Å². The number of carbonyl (C=O) groups is 1. The summed E-state index contributed by atoms with van der Waals surface area (Å²) >= 11 is -2.83. The molecule has 8 heteroatoms. The van der Waals surface area contributed by atoms with Gasteiger partial charge in [0.1, 0.15) is 11.2 Å². The second-order valence-corrected chi connectivity index (χ2v) is 7.50. The third kappa shape index (κ3) is 4.06. The lowest BCUT2D eigenvalue weighted by atomic mass is 10.1. The number of furan rings is 1. The van der Waals surface area contributed by atoms with E-state index < -0.39 is 23.3 Å². The van der Waals surface area contributed by atoms with Gasteiger partial charge < -0.3 is 18.8 Å². The van der Waals surface area contributed by atoms with Crippen molar-refractivity contribution < 1.29 is 27.8 Å². The molecule has 3 aromatic carbocycles. The van der Waals surface area contributed by atoms with Crippen LogP contribution in [0.5, 0.6) is 0 Å². The van der Waals surface area contributed by atoms with Crippen molar-refractivity contribution >= 4 is 44.9 Å². The third-order valence-electron chi connectivity index (χ3n) is 4.73. The molecular formula is C22H18NO6S-. The first-order valence-corrected chi connectivity index (χ1v) is 10.2. The van der Waals surface area contributed by atoms with Crippen LogP contribution in [0.2, 0.25) is 0 Å². The largest absolute Gasteiger partial charge is 0.755 e. The Morgan fingerprint density at radius 2 is 1.73 bits per heavy atom. The van der Waals surface area contributed by atoms with Gasteiger partial charge in [-0.3, -0.25) is 8.51 Å². The average molecular weight is 424 g/mol. The van der Waals surface area contributed by atoms with Crippen LogP contribution in [-0.2, 0) is 27.4 Å². The molecule has 7 nitrogen and oxygen atoms in total. The van der Waals surface area contributed by atoms with Crippen molar-refractivity contribution in [3.63, 3.8) is 0 Å². The molecule has 0 spiro atoms. The van der Waals surface area contributed by atoms with E-state index in [9.17, 15) is 18.7 Å². The van der Waals surface area contributed by atoms with Crippen molar-refractivity contribution in [1.29, 1.82) is 0 Å². The maximum Gasteiger partial charge on any atom is 0.329 e. The SMILES string of the molecule is O=C(O)C(COCc1ccccc1)N(c1ccc2oc3ccccc3c2c1)S(=O)[O-]. The van der Waals surface area contributed by atoms with E-state index in [1.165, 1.54) is 6.07 Å². The molecule has 0 radical (unpaired) electrons. The Kier molecular flexibility index (Phi) is 5.80. The highest BCUT2D eigenvalue weighted by molar-refractivity contribution is 7.80. The number of nitrogens with zero attached hydrogens (tertiary/aromatic N) is 1. The van der Waals surface area contributed by atoms with Gasteiger partial charge in [-0.15, -0.1) is 0 Å². The summed E-state index contributed by atoms with van der Waals surface area (Å²) in [6.07, 6.45) is 0. The molecule has 0 amide bonds. The number of hydrogen-bond donors (Lipinski definition) is 1. The van der Waals surface area contributed by atoms with Gasteiger partial charge in [-0.2, -0.15) is 0 Å². The van der Waals surface area contributed by atoms with E-state index in [0.29, 0.717) is 16.6 Å². The number of benzene rings is 3. The van der Waals surface area contributed by atoms with Crippen LogP contribution in [0.3, 0.4) is 0 Å². The maximum absolute atomic E-state index is 12.0. The number of aliphatic carboxylic acids is 1. The van der Waals surface area contributed by atoms with E-state index in [1.807, 2.05) is 54.6 Å². The molecule has 1 aromatic heterocycles. The van der Waals surface area contributed by atoms with E-state index in [4.69, 9.17) is 9.15 Å². The minimum absolute atomic E-state index is 0.176. The fourth-order valence-electron chi connectivity index (χ4n) is 3.32. The molecule has 0 saturated carbocycles. The molecule has 1 heterocycles. The number of fused-ring (bicyclic) bond motifs is 3. The number of carboxylic acids is 1. The van der Waals surface area contributed by atoms with Crippen molar-refractivity contribution in [3.05, 3.63) is 78.4 Å². The zero-order valence-electron chi connectivity index (χ0n) is 15.8. The molecular weight excluding hydrogens is 406 g/mol. The number of hydrogen-bond acceptors (Lipinski definition) is 5. The molecule has 0 saturated heterocycles. The Labute approximate surface area is 174 Å². The standard InChI is InChI=1S/C22H19NO6S/c24-22(25)19(14-28-13-15-6-2-1-3-7-15)23(30(26)27)16-10-11-21-18(12-16)17-8-4-5-9-20(17)29-21/h1-12,19H,13-14H2,(H,24,25)(H,26,27)/p-1. The lowest BCUT2D eigenvalue weighted by molar-refractivity contribution is -0.139. The average Bonchev–Trinajstić information content (AvgIpc) is 3.11. The lowest BCUT2D eigenvalue weighted by Gasteiger charge is -2.31. The minimum Gasteiger partial charge on any atom is -0.755 e. The van der Waals surface area contributed by atoms with Crippen molar-refractivity contribution in [2.75, 3.05) is 10.9 Å². The fourth-order valence-corrected chi connectivity index (χ4v) is 3.97. The van der Waals surface area contributed by atoms with Gasteiger partial charge in [0.25, 0.3) is 0 Å². The molecule has 154 valence electrons. The summed E-state index contributed by atoms with van der Waals surface area (Å²) in [7, 11) is 0. The molecule has 1 N–H and O–H groups in total. The molecule has 0 aliphatic rings. The zero-order chi connectivity index (χ0) is 21.1. The molecule has 0 aliphatic carbocycles. The number of ether oxygens (including phenoxy) is 1.